The fourth-order valence-electron chi connectivity index (χ4n) is 3.39. The predicted octanol–water partition coefficient (Wildman–Crippen LogP) is 1.19. The number of anilines is 1. The van der Waals surface area contributed by atoms with Crippen LogP contribution in [0.25, 0.3) is 0 Å². The number of pyridine rings is 1. The van der Waals surface area contributed by atoms with Gasteiger partial charge in [0, 0.05) is 49.2 Å². The summed E-state index contributed by atoms with van der Waals surface area (Å²) in [4.78, 5) is 18.8. The SMILES string of the molecule is Nc1ccc2c(c1)OCCN(C(=O)[C@@H]1C[C@H](Oc3ccncc3)CN1)C2. The van der Waals surface area contributed by atoms with E-state index in [0.29, 0.717) is 38.3 Å². The molecule has 1 amide bonds. The maximum atomic E-state index is 12.9. The average Bonchev–Trinajstić information content (AvgIpc) is 3.01. The van der Waals surface area contributed by atoms with E-state index in [1.165, 1.54) is 0 Å². The number of benzene rings is 1. The maximum absolute atomic E-state index is 12.9. The number of nitrogens with one attached hydrogen (secondary N) is 1. The van der Waals surface area contributed by atoms with Crippen LogP contribution >= 0.6 is 0 Å². The topological polar surface area (TPSA) is 89.7 Å². The van der Waals surface area contributed by atoms with E-state index in [2.05, 4.69) is 10.3 Å². The van der Waals surface area contributed by atoms with Crippen LogP contribution in [-0.4, -0.2) is 47.6 Å². The van der Waals surface area contributed by atoms with Crippen molar-refractivity contribution in [1.82, 2.24) is 15.2 Å². The number of ether oxygens (including phenoxy) is 2. The Balaban J connectivity index is 1.39. The average molecular weight is 354 g/mol. The van der Waals surface area contributed by atoms with Gasteiger partial charge in [0.25, 0.3) is 0 Å². The Morgan fingerprint density at radius 3 is 3.00 bits per heavy atom. The van der Waals surface area contributed by atoms with Crippen LogP contribution in [0.15, 0.2) is 42.7 Å². The van der Waals surface area contributed by atoms with Crippen molar-refractivity contribution in [3.05, 3.63) is 48.3 Å². The number of hydrogen-bond acceptors (Lipinski definition) is 6. The molecule has 2 aromatic rings. The molecule has 0 radical (unpaired) electrons. The first-order valence-electron chi connectivity index (χ1n) is 8.79. The van der Waals surface area contributed by atoms with Crippen molar-refractivity contribution < 1.29 is 14.3 Å². The van der Waals surface area contributed by atoms with Crippen LogP contribution < -0.4 is 20.5 Å². The minimum absolute atomic E-state index is 0.0262. The summed E-state index contributed by atoms with van der Waals surface area (Å²) in [6.07, 6.45) is 4.01. The number of nitrogen functional groups attached to an aromatic ring is 1. The van der Waals surface area contributed by atoms with Crippen molar-refractivity contribution in [2.24, 2.45) is 0 Å². The molecular formula is C19H22N4O3. The molecule has 2 aliphatic rings. The van der Waals surface area contributed by atoms with Crippen molar-refractivity contribution in [2.75, 3.05) is 25.4 Å². The molecule has 3 heterocycles. The molecule has 2 atom stereocenters. The summed E-state index contributed by atoms with van der Waals surface area (Å²) in [5.41, 5.74) is 7.46. The zero-order chi connectivity index (χ0) is 17.9. The Kier molecular flexibility index (Phi) is 4.62. The van der Waals surface area contributed by atoms with Crippen molar-refractivity contribution >= 4 is 11.6 Å². The summed E-state index contributed by atoms with van der Waals surface area (Å²) >= 11 is 0. The Bertz CT molecular complexity index is 784. The Morgan fingerprint density at radius 1 is 1.31 bits per heavy atom. The molecule has 0 bridgehead atoms. The number of nitrogens with two attached hydrogens (primary N) is 1. The normalized spacial score (nSPS) is 22.2. The fourth-order valence-corrected chi connectivity index (χ4v) is 3.39. The van der Waals surface area contributed by atoms with Gasteiger partial charge in [0.05, 0.1) is 12.6 Å². The summed E-state index contributed by atoms with van der Waals surface area (Å²) < 4.78 is 11.7. The van der Waals surface area contributed by atoms with Crippen LogP contribution in [-0.2, 0) is 11.3 Å². The molecule has 0 spiro atoms. The summed E-state index contributed by atoms with van der Waals surface area (Å²) in [7, 11) is 0. The first-order valence-corrected chi connectivity index (χ1v) is 8.79. The van der Waals surface area contributed by atoms with Gasteiger partial charge < -0.3 is 25.4 Å². The third-order valence-corrected chi connectivity index (χ3v) is 4.72. The second-order valence-corrected chi connectivity index (χ2v) is 6.59. The van der Waals surface area contributed by atoms with Crippen LogP contribution in [0.1, 0.15) is 12.0 Å². The largest absolute Gasteiger partial charge is 0.491 e. The number of fused-ring (bicyclic) bond motifs is 1. The molecule has 1 fully saturated rings. The molecule has 4 rings (SSSR count). The lowest BCUT2D eigenvalue weighted by molar-refractivity contribution is -0.134. The molecule has 0 unspecified atom stereocenters. The van der Waals surface area contributed by atoms with Crippen molar-refractivity contribution in [3.8, 4) is 11.5 Å². The maximum Gasteiger partial charge on any atom is 0.240 e. The molecule has 1 aromatic heterocycles. The number of nitrogens with zero attached hydrogens (tertiary/aromatic N) is 2. The monoisotopic (exact) mass is 354 g/mol. The first-order chi connectivity index (χ1) is 12.7. The predicted molar refractivity (Wildman–Crippen MR) is 96.8 cm³/mol. The third kappa shape index (κ3) is 3.57. The number of aromatic nitrogens is 1. The molecule has 136 valence electrons. The van der Waals surface area contributed by atoms with E-state index in [0.717, 1.165) is 17.1 Å². The molecule has 0 aliphatic carbocycles. The Labute approximate surface area is 152 Å². The van der Waals surface area contributed by atoms with Crippen LogP contribution in [0.3, 0.4) is 0 Å². The van der Waals surface area contributed by atoms with Crippen LogP contribution in [0.4, 0.5) is 5.69 Å². The zero-order valence-corrected chi connectivity index (χ0v) is 14.4. The van der Waals surface area contributed by atoms with Crippen LogP contribution in [0.5, 0.6) is 11.5 Å². The molecule has 3 N–H and O–H groups in total. The minimum atomic E-state index is -0.239. The van der Waals surface area contributed by atoms with Gasteiger partial charge in [-0.1, -0.05) is 6.07 Å². The molecule has 7 heteroatoms. The van der Waals surface area contributed by atoms with Gasteiger partial charge in [-0.2, -0.15) is 0 Å². The lowest BCUT2D eigenvalue weighted by Gasteiger charge is -2.23. The summed E-state index contributed by atoms with van der Waals surface area (Å²) in [5.74, 6) is 1.62. The molecule has 26 heavy (non-hydrogen) atoms. The molecule has 0 saturated carbocycles. The summed E-state index contributed by atoms with van der Waals surface area (Å²) in [5, 5.41) is 3.28. The standard InChI is InChI=1S/C19H22N4O3/c20-14-2-1-13-12-23(7-8-25-18(13)9-14)19(24)17-10-16(11-22-17)26-15-3-5-21-6-4-15/h1-6,9,16-17,22H,7-8,10-12,20H2/t16-,17-/m0/s1. The van der Waals surface area contributed by atoms with Gasteiger partial charge in [-0.15, -0.1) is 0 Å². The number of carbonyl (C=O) groups excluding carboxylic acids is 1. The summed E-state index contributed by atoms with van der Waals surface area (Å²) in [6.45, 7) is 2.20. The highest BCUT2D eigenvalue weighted by Crippen LogP contribution is 2.26. The highest BCUT2D eigenvalue weighted by molar-refractivity contribution is 5.82. The minimum Gasteiger partial charge on any atom is -0.491 e. The second-order valence-electron chi connectivity index (χ2n) is 6.59. The van der Waals surface area contributed by atoms with Gasteiger partial charge in [0.1, 0.15) is 24.2 Å². The van der Waals surface area contributed by atoms with E-state index in [4.69, 9.17) is 15.2 Å². The fraction of sp³-hybridized carbons (Fsp3) is 0.368. The van der Waals surface area contributed by atoms with E-state index in [-0.39, 0.29) is 18.1 Å². The van der Waals surface area contributed by atoms with Crippen LogP contribution in [0, 0.1) is 0 Å². The van der Waals surface area contributed by atoms with Gasteiger partial charge >= 0.3 is 0 Å². The van der Waals surface area contributed by atoms with Crippen molar-refractivity contribution in [2.45, 2.75) is 25.1 Å². The van der Waals surface area contributed by atoms with Gasteiger partial charge in [0.15, 0.2) is 0 Å². The van der Waals surface area contributed by atoms with E-state index >= 15 is 0 Å². The first kappa shape index (κ1) is 16.7. The summed E-state index contributed by atoms with van der Waals surface area (Å²) in [6, 6.07) is 8.98. The molecule has 2 aliphatic heterocycles. The number of carbonyl (C=O) groups is 1. The lowest BCUT2D eigenvalue weighted by atomic mass is 10.1. The van der Waals surface area contributed by atoms with Gasteiger partial charge in [-0.25, -0.2) is 0 Å². The van der Waals surface area contributed by atoms with Gasteiger partial charge in [-0.3, -0.25) is 9.78 Å². The van der Waals surface area contributed by atoms with Crippen molar-refractivity contribution in [1.29, 1.82) is 0 Å². The Morgan fingerprint density at radius 2 is 2.15 bits per heavy atom. The third-order valence-electron chi connectivity index (χ3n) is 4.72. The highest BCUT2D eigenvalue weighted by atomic mass is 16.5. The van der Waals surface area contributed by atoms with Gasteiger partial charge in [-0.05, 0) is 18.2 Å². The van der Waals surface area contributed by atoms with E-state index in [1.807, 2.05) is 35.2 Å². The quantitative estimate of drug-likeness (QED) is 0.805. The highest BCUT2D eigenvalue weighted by Gasteiger charge is 2.34. The molecule has 1 aromatic carbocycles. The number of hydrogen-bond donors (Lipinski definition) is 2. The molecular weight excluding hydrogens is 332 g/mol. The lowest BCUT2D eigenvalue weighted by Crippen LogP contribution is -2.44. The van der Waals surface area contributed by atoms with E-state index < -0.39 is 0 Å². The van der Waals surface area contributed by atoms with Gasteiger partial charge in [0.2, 0.25) is 5.91 Å². The van der Waals surface area contributed by atoms with E-state index in [1.54, 1.807) is 12.4 Å². The molecule has 7 nitrogen and oxygen atoms in total. The molecule has 1 saturated heterocycles. The van der Waals surface area contributed by atoms with E-state index in [9.17, 15) is 4.79 Å². The van der Waals surface area contributed by atoms with Crippen LogP contribution in [0.2, 0.25) is 0 Å². The number of amides is 1. The number of rotatable bonds is 3. The zero-order valence-electron chi connectivity index (χ0n) is 14.4. The Hall–Kier alpha value is -2.80. The second kappa shape index (κ2) is 7.21. The van der Waals surface area contributed by atoms with Crippen molar-refractivity contribution in [3.63, 3.8) is 0 Å². The smallest absolute Gasteiger partial charge is 0.240 e.